The van der Waals surface area contributed by atoms with Crippen LogP contribution in [0.15, 0.2) is 42.5 Å². The number of hydrogen-bond acceptors (Lipinski definition) is 3. The van der Waals surface area contributed by atoms with E-state index in [4.69, 9.17) is 9.47 Å². The summed E-state index contributed by atoms with van der Waals surface area (Å²) in [4.78, 5) is 14.4. The van der Waals surface area contributed by atoms with Crippen molar-refractivity contribution in [3.63, 3.8) is 0 Å². The summed E-state index contributed by atoms with van der Waals surface area (Å²) in [5.41, 5.74) is 3.55. The Morgan fingerprint density at radius 1 is 1.07 bits per heavy atom. The molecule has 0 aromatic heterocycles. The van der Waals surface area contributed by atoms with Crippen molar-refractivity contribution < 1.29 is 14.3 Å². The molecule has 0 bridgehead atoms. The van der Waals surface area contributed by atoms with Crippen LogP contribution in [0.2, 0.25) is 0 Å². The molecule has 2 amide bonds. The number of aryl methyl sites for hydroxylation is 1. The molecule has 3 rings (SSSR count). The van der Waals surface area contributed by atoms with E-state index in [0.717, 1.165) is 43.0 Å². The highest BCUT2D eigenvalue weighted by molar-refractivity contribution is 5.74. The fourth-order valence-corrected chi connectivity index (χ4v) is 3.52. The topological polar surface area (TPSA) is 50.8 Å². The standard InChI is InChI=1S/C22H28N2O3/c1-16-4-6-17(7-5-16)14-23-22(25)24-11-10-19(15-24)12-18-8-9-20(26-2)21(13-18)27-3/h4-9,13,19H,10-12,14-15H2,1-3H3,(H,23,25). The van der Waals surface area contributed by atoms with Crippen molar-refractivity contribution in [3.05, 3.63) is 59.2 Å². The fourth-order valence-electron chi connectivity index (χ4n) is 3.52. The van der Waals surface area contributed by atoms with Crippen LogP contribution < -0.4 is 14.8 Å². The maximum Gasteiger partial charge on any atom is 0.317 e. The molecule has 1 N–H and O–H groups in total. The average Bonchev–Trinajstić information content (AvgIpc) is 3.15. The molecule has 0 radical (unpaired) electrons. The molecular formula is C22H28N2O3. The SMILES string of the molecule is COc1ccc(CC2CCN(C(=O)NCc3ccc(C)cc3)C2)cc1OC. The zero-order valence-electron chi connectivity index (χ0n) is 16.3. The van der Waals surface area contributed by atoms with Crippen molar-refractivity contribution in [1.82, 2.24) is 10.2 Å². The van der Waals surface area contributed by atoms with Gasteiger partial charge in [-0.15, -0.1) is 0 Å². The van der Waals surface area contributed by atoms with Crippen molar-refractivity contribution in [2.24, 2.45) is 5.92 Å². The minimum atomic E-state index is 0.0189. The van der Waals surface area contributed by atoms with Gasteiger partial charge in [0.1, 0.15) is 0 Å². The number of carbonyl (C=O) groups excluding carboxylic acids is 1. The number of nitrogens with zero attached hydrogens (tertiary/aromatic N) is 1. The first-order chi connectivity index (χ1) is 13.1. The summed E-state index contributed by atoms with van der Waals surface area (Å²) in [5, 5.41) is 3.03. The number of ether oxygens (including phenoxy) is 2. The third-order valence-corrected chi connectivity index (χ3v) is 5.11. The monoisotopic (exact) mass is 368 g/mol. The van der Waals surface area contributed by atoms with Crippen molar-refractivity contribution in [3.8, 4) is 11.5 Å². The summed E-state index contributed by atoms with van der Waals surface area (Å²) < 4.78 is 10.7. The van der Waals surface area contributed by atoms with Crippen LogP contribution >= 0.6 is 0 Å². The Hall–Kier alpha value is -2.69. The lowest BCUT2D eigenvalue weighted by molar-refractivity contribution is 0.206. The maximum absolute atomic E-state index is 12.4. The molecule has 2 aromatic carbocycles. The molecule has 5 nitrogen and oxygen atoms in total. The fraction of sp³-hybridized carbons (Fsp3) is 0.409. The summed E-state index contributed by atoms with van der Waals surface area (Å²) in [7, 11) is 3.29. The van der Waals surface area contributed by atoms with Crippen molar-refractivity contribution >= 4 is 6.03 Å². The lowest BCUT2D eigenvalue weighted by Crippen LogP contribution is -2.38. The van der Waals surface area contributed by atoms with Gasteiger partial charge in [-0.1, -0.05) is 35.9 Å². The second kappa shape index (κ2) is 8.80. The number of methoxy groups -OCH3 is 2. The smallest absolute Gasteiger partial charge is 0.317 e. The molecule has 1 unspecified atom stereocenters. The number of rotatable bonds is 6. The number of likely N-dealkylation sites (tertiary alicyclic amines) is 1. The zero-order valence-corrected chi connectivity index (χ0v) is 16.3. The number of amides is 2. The molecular weight excluding hydrogens is 340 g/mol. The van der Waals surface area contributed by atoms with Crippen molar-refractivity contribution in [2.75, 3.05) is 27.3 Å². The summed E-state index contributed by atoms with van der Waals surface area (Å²) >= 11 is 0. The minimum Gasteiger partial charge on any atom is -0.493 e. The molecule has 0 spiro atoms. The molecule has 1 fully saturated rings. The molecule has 1 aliphatic heterocycles. The van der Waals surface area contributed by atoms with E-state index in [9.17, 15) is 4.79 Å². The molecule has 144 valence electrons. The highest BCUT2D eigenvalue weighted by Gasteiger charge is 2.26. The summed E-state index contributed by atoms with van der Waals surface area (Å²) in [6.45, 7) is 4.22. The van der Waals surface area contributed by atoms with Gasteiger partial charge in [-0.25, -0.2) is 4.79 Å². The van der Waals surface area contributed by atoms with E-state index in [1.807, 2.05) is 17.0 Å². The van der Waals surface area contributed by atoms with E-state index in [1.54, 1.807) is 14.2 Å². The molecule has 0 saturated carbocycles. The van der Waals surface area contributed by atoms with Crippen LogP contribution in [-0.4, -0.2) is 38.2 Å². The number of urea groups is 1. The van der Waals surface area contributed by atoms with Crippen LogP contribution in [0.4, 0.5) is 4.79 Å². The maximum atomic E-state index is 12.4. The second-order valence-electron chi connectivity index (χ2n) is 7.14. The Bertz CT molecular complexity index is 774. The van der Waals surface area contributed by atoms with Crippen molar-refractivity contribution in [2.45, 2.75) is 26.3 Å². The summed E-state index contributed by atoms with van der Waals surface area (Å²) in [5.74, 6) is 1.96. The molecule has 5 heteroatoms. The predicted molar refractivity (Wildman–Crippen MR) is 106 cm³/mol. The van der Waals surface area contributed by atoms with Gasteiger partial charge in [0.2, 0.25) is 0 Å². The Morgan fingerprint density at radius 3 is 2.48 bits per heavy atom. The van der Waals surface area contributed by atoms with Gasteiger partial charge < -0.3 is 19.7 Å². The predicted octanol–water partition coefficient (Wildman–Crippen LogP) is 3.79. The third kappa shape index (κ3) is 4.94. The van der Waals surface area contributed by atoms with E-state index in [1.165, 1.54) is 11.1 Å². The largest absolute Gasteiger partial charge is 0.493 e. The van der Waals surface area contributed by atoms with Crippen LogP contribution in [0.1, 0.15) is 23.1 Å². The van der Waals surface area contributed by atoms with Crippen LogP contribution in [0.3, 0.4) is 0 Å². The number of nitrogens with one attached hydrogen (secondary N) is 1. The van der Waals surface area contributed by atoms with E-state index in [0.29, 0.717) is 12.5 Å². The normalized spacial score (nSPS) is 16.3. The Morgan fingerprint density at radius 2 is 1.78 bits per heavy atom. The quantitative estimate of drug-likeness (QED) is 0.844. The van der Waals surface area contributed by atoms with Gasteiger partial charge in [0.25, 0.3) is 0 Å². The second-order valence-corrected chi connectivity index (χ2v) is 7.14. The molecule has 1 heterocycles. The first kappa shape index (κ1) is 19.1. The van der Waals surface area contributed by atoms with Crippen LogP contribution in [-0.2, 0) is 13.0 Å². The molecule has 1 saturated heterocycles. The van der Waals surface area contributed by atoms with Gasteiger partial charge >= 0.3 is 6.03 Å². The Labute approximate surface area is 161 Å². The van der Waals surface area contributed by atoms with Gasteiger partial charge in [0.05, 0.1) is 14.2 Å². The Kier molecular flexibility index (Phi) is 6.22. The number of carbonyl (C=O) groups is 1. The lowest BCUT2D eigenvalue weighted by Gasteiger charge is -2.18. The Balaban J connectivity index is 1.50. The highest BCUT2D eigenvalue weighted by Crippen LogP contribution is 2.30. The molecule has 1 atom stereocenters. The van der Waals surface area contributed by atoms with Crippen LogP contribution in [0.25, 0.3) is 0 Å². The van der Waals surface area contributed by atoms with Gasteiger partial charge in [0, 0.05) is 19.6 Å². The highest BCUT2D eigenvalue weighted by atomic mass is 16.5. The first-order valence-corrected chi connectivity index (χ1v) is 9.38. The van der Waals surface area contributed by atoms with E-state index in [2.05, 4.69) is 42.6 Å². The van der Waals surface area contributed by atoms with E-state index < -0.39 is 0 Å². The zero-order chi connectivity index (χ0) is 19.2. The van der Waals surface area contributed by atoms with Gasteiger partial charge in [-0.3, -0.25) is 0 Å². The summed E-state index contributed by atoms with van der Waals surface area (Å²) in [6.07, 6.45) is 1.95. The summed E-state index contributed by atoms with van der Waals surface area (Å²) in [6, 6.07) is 14.3. The van der Waals surface area contributed by atoms with Crippen molar-refractivity contribution in [1.29, 1.82) is 0 Å². The van der Waals surface area contributed by atoms with Gasteiger partial charge in [-0.2, -0.15) is 0 Å². The molecule has 2 aromatic rings. The van der Waals surface area contributed by atoms with E-state index in [-0.39, 0.29) is 6.03 Å². The number of benzene rings is 2. The lowest BCUT2D eigenvalue weighted by atomic mass is 9.98. The average molecular weight is 368 g/mol. The van der Waals surface area contributed by atoms with Gasteiger partial charge in [0.15, 0.2) is 11.5 Å². The molecule has 27 heavy (non-hydrogen) atoms. The van der Waals surface area contributed by atoms with E-state index >= 15 is 0 Å². The van der Waals surface area contributed by atoms with Crippen LogP contribution in [0, 0.1) is 12.8 Å². The molecule has 0 aliphatic carbocycles. The minimum absolute atomic E-state index is 0.0189. The first-order valence-electron chi connectivity index (χ1n) is 9.38. The third-order valence-electron chi connectivity index (χ3n) is 5.11. The molecule has 1 aliphatic rings. The number of hydrogen-bond donors (Lipinski definition) is 1. The van der Waals surface area contributed by atoms with Gasteiger partial charge in [-0.05, 0) is 48.9 Å². The van der Waals surface area contributed by atoms with Crippen LogP contribution in [0.5, 0.6) is 11.5 Å².